The summed E-state index contributed by atoms with van der Waals surface area (Å²) in [6, 6.07) is 13.1. The highest BCUT2D eigenvalue weighted by atomic mass is 35.5. The van der Waals surface area contributed by atoms with Crippen molar-refractivity contribution in [3.63, 3.8) is 0 Å². The molecule has 0 aliphatic rings. The van der Waals surface area contributed by atoms with Crippen molar-refractivity contribution in [3.8, 4) is 5.75 Å². The van der Waals surface area contributed by atoms with E-state index in [9.17, 15) is 4.79 Å². The number of halogens is 1. The lowest BCUT2D eigenvalue weighted by atomic mass is 10.0. The maximum atomic E-state index is 11.8. The highest BCUT2D eigenvalue weighted by molar-refractivity contribution is 6.31. The zero-order valence-electron chi connectivity index (χ0n) is 14.2. The third kappa shape index (κ3) is 5.46. The number of aryl methyl sites for hydroxylation is 1. The average molecular weight is 347 g/mol. The Balaban J connectivity index is 1.74. The van der Waals surface area contributed by atoms with Gasteiger partial charge in [-0.1, -0.05) is 43.6 Å². The lowest BCUT2D eigenvalue weighted by Crippen LogP contribution is -2.32. The van der Waals surface area contributed by atoms with E-state index in [0.29, 0.717) is 29.8 Å². The summed E-state index contributed by atoms with van der Waals surface area (Å²) >= 11 is 6.04. The maximum absolute atomic E-state index is 11.8. The van der Waals surface area contributed by atoms with Gasteiger partial charge in [0, 0.05) is 10.7 Å². The number of anilines is 1. The number of nitrogens with one attached hydrogen (secondary N) is 2. The Hall–Kier alpha value is -2.20. The van der Waals surface area contributed by atoms with Gasteiger partial charge in [-0.15, -0.1) is 0 Å². The molecule has 0 bridgehead atoms. The molecule has 2 aromatic carbocycles. The van der Waals surface area contributed by atoms with Crippen LogP contribution in [0.1, 0.15) is 30.9 Å². The Kier molecular flexibility index (Phi) is 6.50. The molecular formula is C19H23ClN2O2. The SMILES string of the molecule is Cc1ccc(NC(=O)NCCOc2cccc(C(C)C)c2)cc1Cl. The first-order chi connectivity index (χ1) is 11.5. The summed E-state index contributed by atoms with van der Waals surface area (Å²) in [6.45, 7) is 7.02. The van der Waals surface area contributed by atoms with Gasteiger partial charge in [-0.05, 0) is 48.2 Å². The van der Waals surface area contributed by atoms with Crippen molar-refractivity contribution in [2.24, 2.45) is 0 Å². The van der Waals surface area contributed by atoms with E-state index >= 15 is 0 Å². The number of rotatable bonds is 6. The summed E-state index contributed by atoms with van der Waals surface area (Å²) in [7, 11) is 0. The molecule has 2 rings (SSSR count). The first-order valence-corrected chi connectivity index (χ1v) is 8.37. The standard InChI is InChI=1S/C19H23ClN2O2/c1-13(2)15-5-4-6-17(11-15)24-10-9-21-19(23)22-16-8-7-14(3)18(20)12-16/h4-8,11-13H,9-10H2,1-3H3,(H2,21,22,23). The van der Waals surface area contributed by atoms with Crippen LogP contribution in [-0.4, -0.2) is 19.2 Å². The van der Waals surface area contributed by atoms with Crippen LogP contribution in [-0.2, 0) is 0 Å². The number of hydrogen-bond donors (Lipinski definition) is 2. The van der Waals surface area contributed by atoms with Crippen LogP contribution in [0.15, 0.2) is 42.5 Å². The maximum Gasteiger partial charge on any atom is 0.319 e. The largest absolute Gasteiger partial charge is 0.492 e. The van der Waals surface area contributed by atoms with Gasteiger partial charge in [0.15, 0.2) is 0 Å². The average Bonchev–Trinajstić information content (AvgIpc) is 2.55. The molecule has 0 aromatic heterocycles. The summed E-state index contributed by atoms with van der Waals surface area (Å²) in [5.74, 6) is 1.27. The minimum absolute atomic E-state index is 0.283. The highest BCUT2D eigenvalue weighted by Crippen LogP contribution is 2.20. The molecule has 0 spiro atoms. The molecule has 0 aliphatic heterocycles. The van der Waals surface area contributed by atoms with Gasteiger partial charge in [0.1, 0.15) is 12.4 Å². The molecule has 2 N–H and O–H groups in total. The van der Waals surface area contributed by atoms with Crippen LogP contribution >= 0.6 is 11.6 Å². The van der Waals surface area contributed by atoms with Crippen molar-refractivity contribution in [3.05, 3.63) is 58.6 Å². The molecule has 0 heterocycles. The summed E-state index contributed by atoms with van der Waals surface area (Å²) < 4.78 is 5.67. The van der Waals surface area contributed by atoms with Crippen molar-refractivity contribution in [2.45, 2.75) is 26.7 Å². The Morgan fingerprint density at radius 3 is 2.71 bits per heavy atom. The topological polar surface area (TPSA) is 50.4 Å². The molecule has 4 nitrogen and oxygen atoms in total. The molecule has 0 unspecified atom stereocenters. The Morgan fingerprint density at radius 2 is 2.00 bits per heavy atom. The number of benzene rings is 2. The first-order valence-electron chi connectivity index (χ1n) is 7.99. The van der Waals surface area contributed by atoms with Gasteiger partial charge in [0.2, 0.25) is 0 Å². The predicted molar refractivity (Wildman–Crippen MR) is 99.2 cm³/mol. The quantitative estimate of drug-likeness (QED) is 0.725. The molecule has 0 aliphatic carbocycles. The predicted octanol–water partition coefficient (Wildman–Crippen LogP) is 4.97. The number of hydrogen-bond acceptors (Lipinski definition) is 2. The molecule has 0 atom stereocenters. The van der Waals surface area contributed by atoms with Crippen LogP contribution in [0.25, 0.3) is 0 Å². The van der Waals surface area contributed by atoms with Gasteiger partial charge in [-0.2, -0.15) is 0 Å². The number of amides is 2. The molecular weight excluding hydrogens is 324 g/mol. The lowest BCUT2D eigenvalue weighted by Gasteiger charge is -2.11. The molecule has 5 heteroatoms. The third-order valence-corrected chi connectivity index (χ3v) is 4.02. The molecule has 24 heavy (non-hydrogen) atoms. The van der Waals surface area contributed by atoms with Crippen molar-refractivity contribution >= 4 is 23.3 Å². The van der Waals surface area contributed by atoms with Gasteiger partial charge < -0.3 is 15.4 Å². The van der Waals surface area contributed by atoms with E-state index < -0.39 is 0 Å². The van der Waals surface area contributed by atoms with Crippen LogP contribution in [0.4, 0.5) is 10.5 Å². The normalized spacial score (nSPS) is 10.5. The first kappa shape index (κ1) is 18.1. The van der Waals surface area contributed by atoms with E-state index in [1.165, 1.54) is 5.56 Å². The molecule has 2 amide bonds. The Morgan fingerprint density at radius 1 is 1.21 bits per heavy atom. The molecule has 2 aromatic rings. The van der Waals surface area contributed by atoms with E-state index in [2.05, 4.69) is 30.5 Å². The van der Waals surface area contributed by atoms with Gasteiger partial charge in [-0.3, -0.25) is 0 Å². The lowest BCUT2D eigenvalue weighted by molar-refractivity contribution is 0.247. The van der Waals surface area contributed by atoms with E-state index in [1.54, 1.807) is 6.07 Å². The second-order valence-corrected chi connectivity index (χ2v) is 6.33. The summed E-state index contributed by atoms with van der Waals surface area (Å²) in [6.07, 6.45) is 0. The van der Waals surface area contributed by atoms with E-state index in [0.717, 1.165) is 11.3 Å². The zero-order chi connectivity index (χ0) is 17.5. The van der Waals surface area contributed by atoms with Gasteiger partial charge in [0.05, 0.1) is 6.54 Å². The van der Waals surface area contributed by atoms with Gasteiger partial charge >= 0.3 is 6.03 Å². The van der Waals surface area contributed by atoms with Crippen LogP contribution in [0.2, 0.25) is 5.02 Å². The Bertz CT molecular complexity index is 702. The summed E-state index contributed by atoms with van der Waals surface area (Å²) in [4.78, 5) is 11.8. The minimum Gasteiger partial charge on any atom is -0.492 e. The number of carbonyl (C=O) groups is 1. The number of urea groups is 1. The number of carbonyl (C=O) groups excluding carboxylic acids is 1. The molecule has 0 radical (unpaired) electrons. The molecule has 0 saturated heterocycles. The minimum atomic E-state index is -0.283. The van der Waals surface area contributed by atoms with Crippen molar-refractivity contribution in [1.82, 2.24) is 5.32 Å². The summed E-state index contributed by atoms with van der Waals surface area (Å²) in [5.41, 5.74) is 2.86. The van der Waals surface area contributed by atoms with Crippen LogP contribution < -0.4 is 15.4 Å². The van der Waals surface area contributed by atoms with Crippen molar-refractivity contribution in [1.29, 1.82) is 0 Å². The second-order valence-electron chi connectivity index (χ2n) is 5.92. The van der Waals surface area contributed by atoms with Crippen LogP contribution in [0, 0.1) is 6.92 Å². The molecule has 0 fully saturated rings. The summed E-state index contributed by atoms with van der Waals surface area (Å²) in [5, 5.41) is 6.12. The second kappa shape index (κ2) is 8.60. The Labute approximate surface area is 148 Å². The fraction of sp³-hybridized carbons (Fsp3) is 0.316. The van der Waals surface area contributed by atoms with Gasteiger partial charge in [-0.25, -0.2) is 4.79 Å². The fourth-order valence-electron chi connectivity index (χ4n) is 2.14. The van der Waals surface area contributed by atoms with Crippen LogP contribution in [0.5, 0.6) is 5.75 Å². The van der Waals surface area contributed by atoms with Crippen molar-refractivity contribution < 1.29 is 9.53 Å². The number of ether oxygens (including phenoxy) is 1. The van der Waals surface area contributed by atoms with Crippen molar-refractivity contribution in [2.75, 3.05) is 18.5 Å². The van der Waals surface area contributed by atoms with E-state index in [-0.39, 0.29) is 6.03 Å². The monoisotopic (exact) mass is 346 g/mol. The van der Waals surface area contributed by atoms with E-state index in [1.807, 2.05) is 37.3 Å². The van der Waals surface area contributed by atoms with Crippen LogP contribution in [0.3, 0.4) is 0 Å². The third-order valence-electron chi connectivity index (χ3n) is 3.61. The highest BCUT2D eigenvalue weighted by Gasteiger charge is 2.04. The smallest absolute Gasteiger partial charge is 0.319 e. The van der Waals surface area contributed by atoms with E-state index in [4.69, 9.17) is 16.3 Å². The molecule has 0 saturated carbocycles. The fourth-order valence-corrected chi connectivity index (χ4v) is 2.32. The van der Waals surface area contributed by atoms with Gasteiger partial charge in [0.25, 0.3) is 0 Å². The zero-order valence-corrected chi connectivity index (χ0v) is 15.0. The molecule has 128 valence electrons.